The van der Waals surface area contributed by atoms with Crippen LogP contribution in [0.5, 0.6) is 0 Å². The number of halogens is 1. The number of rotatable bonds is 3. The van der Waals surface area contributed by atoms with Gasteiger partial charge in [0.1, 0.15) is 5.58 Å². The van der Waals surface area contributed by atoms with Crippen LogP contribution in [0.15, 0.2) is 46.9 Å². The third kappa shape index (κ3) is 2.60. The number of para-hydroxylation sites is 1. The van der Waals surface area contributed by atoms with Gasteiger partial charge in [0.25, 0.3) is 5.91 Å². The molecule has 3 aromatic rings. The summed E-state index contributed by atoms with van der Waals surface area (Å²) in [6, 6.07) is 13.1. The average Bonchev–Trinajstić information content (AvgIpc) is 2.85. The highest BCUT2D eigenvalue weighted by Gasteiger charge is 2.18. The van der Waals surface area contributed by atoms with E-state index >= 15 is 0 Å². The van der Waals surface area contributed by atoms with Crippen LogP contribution >= 0.6 is 11.6 Å². The van der Waals surface area contributed by atoms with Crippen LogP contribution in [0.3, 0.4) is 0 Å². The largest absolute Gasteiger partial charge is 0.451 e. The van der Waals surface area contributed by atoms with Gasteiger partial charge < -0.3 is 9.73 Å². The number of hydrogen-bond donors (Lipinski definition) is 1. The molecule has 0 aliphatic heterocycles. The van der Waals surface area contributed by atoms with Crippen molar-refractivity contribution in [3.05, 3.63) is 64.4 Å². The van der Waals surface area contributed by atoms with E-state index in [1.807, 2.05) is 37.3 Å². The molecular formula is C18H16ClNO2. The van der Waals surface area contributed by atoms with Crippen molar-refractivity contribution in [2.24, 2.45) is 0 Å². The molecule has 0 fully saturated rings. The van der Waals surface area contributed by atoms with E-state index in [0.29, 0.717) is 16.4 Å². The highest BCUT2D eigenvalue weighted by molar-refractivity contribution is 6.31. The first-order valence-corrected chi connectivity index (χ1v) is 7.56. The molecule has 2 aromatic carbocycles. The summed E-state index contributed by atoms with van der Waals surface area (Å²) in [7, 11) is 0. The number of carbonyl (C=O) groups is 1. The molecule has 0 aliphatic rings. The fourth-order valence-corrected chi connectivity index (χ4v) is 2.71. The molecule has 3 rings (SSSR count). The predicted molar refractivity (Wildman–Crippen MR) is 89.7 cm³/mol. The van der Waals surface area contributed by atoms with E-state index in [0.717, 1.165) is 28.6 Å². The molecule has 0 aliphatic carbocycles. The Balaban J connectivity index is 1.97. The SMILES string of the molecule is CCc1ccccc1NC(=O)c1oc2ccc(Cl)cc2c1C. The highest BCUT2D eigenvalue weighted by atomic mass is 35.5. The van der Waals surface area contributed by atoms with E-state index in [9.17, 15) is 4.79 Å². The lowest BCUT2D eigenvalue weighted by Gasteiger charge is -2.08. The number of fused-ring (bicyclic) bond motifs is 1. The Bertz CT molecular complexity index is 851. The average molecular weight is 314 g/mol. The lowest BCUT2D eigenvalue weighted by Crippen LogP contribution is -2.13. The van der Waals surface area contributed by atoms with Crippen molar-refractivity contribution in [2.75, 3.05) is 5.32 Å². The van der Waals surface area contributed by atoms with Crippen LogP contribution in [0.2, 0.25) is 5.02 Å². The zero-order valence-electron chi connectivity index (χ0n) is 12.4. The zero-order chi connectivity index (χ0) is 15.7. The van der Waals surface area contributed by atoms with Crippen LogP contribution in [0, 0.1) is 6.92 Å². The standard InChI is InChI=1S/C18H16ClNO2/c1-3-12-6-4-5-7-15(12)20-18(21)17-11(2)14-10-13(19)8-9-16(14)22-17/h4-10H,3H2,1-2H3,(H,20,21). The van der Waals surface area contributed by atoms with E-state index in [1.165, 1.54) is 0 Å². The molecule has 22 heavy (non-hydrogen) atoms. The Morgan fingerprint density at radius 2 is 2.00 bits per heavy atom. The smallest absolute Gasteiger partial charge is 0.291 e. The molecule has 1 heterocycles. The van der Waals surface area contributed by atoms with E-state index in [-0.39, 0.29) is 5.91 Å². The molecule has 1 N–H and O–H groups in total. The summed E-state index contributed by atoms with van der Waals surface area (Å²) in [6.45, 7) is 3.92. The predicted octanol–water partition coefficient (Wildman–Crippen LogP) is 5.21. The molecule has 3 nitrogen and oxygen atoms in total. The molecule has 0 radical (unpaired) electrons. The summed E-state index contributed by atoms with van der Waals surface area (Å²) in [6.07, 6.45) is 0.852. The van der Waals surface area contributed by atoms with Gasteiger partial charge in [-0.1, -0.05) is 36.7 Å². The number of anilines is 1. The first-order valence-electron chi connectivity index (χ1n) is 7.18. The van der Waals surface area contributed by atoms with Crippen molar-refractivity contribution in [3.8, 4) is 0 Å². The van der Waals surface area contributed by atoms with E-state index in [2.05, 4.69) is 12.2 Å². The summed E-state index contributed by atoms with van der Waals surface area (Å²) in [4.78, 5) is 12.5. The normalized spacial score (nSPS) is 10.9. The van der Waals surface area contributed by atoms with Gasteiger partial charge in [0.15, 0.2) is 5.76 Å². The molecule has 0 saturated carbocycles. The van der Waals surface area contributed by atoms with Gasteiger partial charge in [-0.3, -0.25) is 4.79 Å². The van der Waals surface area contributed by atoms with Gasteiger partial charge in [-0.25, -0.2) is 0 Å². The van der Waals surface area contributed by atoms with Gasteiger partial charge in [-0.15, -0.1) is 0 Å². The Hall–Kier alpha value is -2.26. The van der Waals surface area contributed by atoms with Crippen molar-refractivity contribution >= 4 is 34.2 Å². The van der Waals surface area contributed by atoms with Crippen LogP contribution in [0.25, 0.3) is 11.0 Å². The molecule has 112 valence electrons. The van der Waals surface area contributed by atoms with Gasteiger partial charge >= 0.3 is 0 Å². The number of amides is 1. The quantitative estimate of drug-likeness (QED) is 0.721. The minimum absolute atomic E-state index is 0.245. The van der Waals surface area contributed by atoms with Gasteiger partial charge in [0.2, 0.25) is 0 Å². The Labute approximate surface area is 133 Å². The Morgan fingerprint density at radius 1 is 1.23 bits per heavy atom. The number of benzene rings is 2. The first kappa shape index (κ1) is 14.7. The topological polar surface area (TPSA) is 42.2 Å². The molecular weight excluding hydrogens is 298 g/mol. The van der Waals surface area contributed by atoms with Crippen LogP contribution < -0.4 is 5.32 Å². The highest BCUT2D eigenvalue weighted by Crippen LogP contribution is 2.28. The van der Waals surface area contributed by atoms with Crippen molar-refractivity contribution in [1.82, 2.24) is 0 Å². The van der Waals surface area contributed by atoms with Crippen LogP contribution in [0.1, 0.15) is 28.6 Å². The number of furan rings is 1. The lowest BCUT2D eigenvalue weighted by atomic mass is 10.1. The maximum Gasteiger partial charge on any atom is 0.291 e. The van der Waals surface area contributed by atoms with E-state index in [4.69, 9.17) is 16.0 Å². The summed E-state index contributed by atoms with van der Waals surface area (Å²) < 4.78 is 5.69. The minimum atomic E-state index is -0.245. The summed E-state index contributed by atoms with van der Waals surface area (Å²) in [5.74, 6) is 0.0777. The number of carbonyl (C=O) groups excluding carboxylic acids is 1. The van der Waals surface area contributed by atoms with Gasteiger partial charge in [0.05, 0.1) is 0 Å². The third-order valence-corrected chi connectivity index (χ3v) is 3.99. The maximum atomic E-state index is 12.5. The zero-order valence-corrected chi connectivity index (χ0v) is 13.2. The monoisotopic (exact) mass is 313 g/mol. The second kappa shape index (κ2) is 5.85. The number of aryl methyl sites for hydroxylation is 2. The van der Waals surface area contributed by atoms with Crippen molar-refractivity contribution in [2.45, 2.75) is 20.3 Å². The Morgan fingerprint density at radius 3 is 2.77 bits per heavy atom. The van der Waals surface area contributed by atoms with Crippen molar-refractivity contribution in [3.63, 3.8) is 0 Å². The molecule has 0 bridgehead atoms. The molecule has 1 aromatic heterocycles. The minimum Gasteiger partial charge on any atom is -0.451 e. The van der Waals surface area contributed by atoms with Crippen LogP contribution in [0.4, 0.5) is 5.69 Å². The van der Waals surface area contributed by atoms with Gasteiger partial charge in [-0.05, 0) is 43.2 Å². The fourth-order valence-electron chi connectivity index (χ4n) is 2.54. The second-order valence-electron chi connectivity index (χ2n) is 5.16. The molecule has 0 spiro atoms. The molecule has 0 atom stereocenters. The first-order chi connectivity index (χ1) is 10.6. The van der Waals surface area contributed by atoms with Crippen LogP contribution in [-0.4, -0.2) is 5.91 Å². The molecule has 0 unspecified atom stereocenters. The lowest BCUT2D eigenvalue weighted by molar-refractivity contribution is 0.0998. The summed E-state index contributed by atoms with van der Waals surface area (Å²) >= 11 is 6.01. The summed E-state index contributed by atoms with van der Waals surface area (Å²) in [5.41, 5.74) is 3.36. The maximum absolute atomic E-state index is 12.5. The van der Waals surface area contributed by atoms with E-state index < -0.39 is 0 Å². The van der Waals surface area contributed by atoms with E-state index in [1.54, 1.807) is 12.1 Å². The second-order valence-corrected chi connectivity index (χ2v) is 5.60. The summed E-state index contributed by atoms with van der Waals surface area (Å²) in [5, 5.41) is 4.42. The molecule has 4 heteroatoms. The van der Waals surface area contributed by atoms with Gasteiger partial charge in [-0.2, -0.15) is 0 Å². The molecule has 0 saturated heterocycles. The number of nitrogens with one attached hydrogen (secondary N) is 1. The van der Waals surface area contributed by atoms with Gasteiger partial charge in [0, 0.05) is 21.7 Å². The fraction of sp³-hybridized carbons (Fsp3) is 0.167. The molecule has 1 amide bonds. The number of hydrogen-bond acceptors (Lipinski definition) is 2. The van der Waals surface area contributed by atoms with Crippen molar-refractivity contribution < 1.29 is 9.21 Å². The Kier molecular flexibility index (Phi) is 3.90. The third-order valence-electron chi connectivity index (χ3n) is 3.75. The van der Waals surface area contributed by atoms with Crippen LogP contribution in [-0.2, 0) is 6.42 Å². The van der Waals surface area contributed by atoms with Crippen molar-refractivity contribution in [1.29, 1.82) is 0 Å².